The average Bonchev–Trinajstić information content (AvgIpc) is 2.95. The molecular weight excluding hydrogens is 272 g/mol. The Morgan fingerprint density at radius 3 is 2.85 bits per heavy atom. The van der Waals surface area contributed by atoms with Crippen LogP contribution in [0.2, 0.25) is 0 Å². The zero-order valence-electron chi connectivity index (χ0n) is 12.0. The van der Waals surface area contributed by atoms with Crippen LogP contribution in [0.15, 0.2) is 17.5 Å². The monoisotopic (exact) mass is 294 g/mol. The first-order chi connectivity index (χ1) is 9.58. The van der Waals surface area contributed by atoms with Crippen molar-refractivity contribution in [3.63, 3.8) is 0 Å². The zero-order valence-corrected chi connectivity index (χ0v) is 12.8. The van der Waals surface area contributed by atoms with Crippen LogP contribution in [-0.4, -0.2) is 24.4 Å². The van der Waals surface area contributed by atoms with Crippen LogP contribution in [0.5, 0.6) is 0 Å². The predicted molar refractivity (Wildman–Crippen MR) is 80.8 cm³/mol. The number of carbonyl (C=O) groups is 2. The average molecular weight is 294 g/mol. The first-order valence-corrected chi connectivity index (χ1v) is 8.07. The Hall–Kier alpha value is -1.36. The lowest BCUT2D eigenvalue weighted by Crippen LogP contribution is -2.47. The second-order valence-electron chi connectivity index (χ2n) is 5.60. The third-order valence-electron chi connectivity index (χ3n) is 4.21. The van der Waals surface area contributed by atoms with Gasteiger partial charge in [-0.2, -0.15) is 0 Å². The molecule has 0 spiro atoms. The molecule has 0 radical (unpaired) electrons. The Labute approximate surface area is 124 Å². The molecule has 2 rings (SSSR count). The topological polar surface area (TPSA) is 58.2 Å². The fourth-order valence-corrected chi connectivity index (χ4v) is 3.34. The van der Waals surface area contributed by atoms with E-state index in [0.29, 0.717) is 16.7 Å². The molecule has 4 nitrogen and oxygen atoms in total. The summed E-state index contributed by atoms with van der Waals surface area (Å²) in [4.78, 5) is 24.3. The minimum Gasteiger partial charge on any atom is -0.352 e. The molecule has 110 valence electrons. The molecule has 1 aromatic rings. The number of thiophene rings is 1. The number of nitrogens with one attached hydrogen (secondary N) is 2. The summed E-state index contributed by atoms with van der Waals surface area (Å²) in [6, 6.07) is 3.82. The van der Waals surface area contributed by atoms with Crippen LogP contribution in [0, 0.1) is 11.8 Å². The summed E-state index contributed by atoms with van der Waals surface area (Å²) >= 11 is 1.38. The summed E-state index contributed by atoms with van der Waals surface area (Å²) < 4.78 is 0. The van der Waals surface area contributed by atoms with Gasteiger partial charge in [-0.3, -0.25) is 9.59 Å². The summed E-state index contributed by atoms with van der Waals surface area (Å²) in [5.41, 5.74) is 0. The highest BCUT2D eigenvalue weighted by Crippen LogP contribution is 2.29. The SMILES string of the molecule is C[C@@H]1[C@H](C)CCC[C@@H]1NC(=O)CNC(=O)c1cccs1. The maximum atomic E-state index is 11.9. The molecule has 0 aliphatic heterocycles. The van der Waals surface area contributed by atoms with Crippen molar-refractivity contribution >= 4 is 23.2 Å². The van der Waals surface area contributed by atoms with Crippen molar-refractivity contribution in [3.8, 4) is 0 Å². The molecule has 1 aliphatic carbocycles. The molecule has 0 unspecified atom stereocenters. The highest BCUT2D eigenvalue weighted by Gasteiger charge is 2.28. The van der Waals surface area contributed by atoms with Gasteiger partial charge in [-0.05, 0) is 29.7 Å². The third kappa shape index (κ3) is 3.82. The Kier molecular flexibility index (Phi) is 5.17. The number of carbonyl (C=O) groups excluding carboxylic acids is 2. The highest BCUT2D eigenvalue weighted by molar-refractivity contribution is 7.12. The second kappa shape index (κ2) is 6.88. The van der Waals surface area contributed by atoms with Crippen molar-refractivity contribution in [3.05, 3.63) is 22.4 Å². The Morgan fingerprint density at radius 2 is 2.15 bits per heavy atom. The van der Waals surface area contributed by atoms with Crippen molar-refractivity contribution < 1.29 is 9.59 Å². The van der Waals surface area contributed by atoms with E-state index in [1.54, 1.807) is 6.07 Å². The largest absolute Gasteiger partial charge is 0.352 e. The molecule has 20 heavy (non-hydrogen) atoms. The van der Waals surface area contributed by atoms with Gasteiger partial charge in [0.1, 0.15) is 0 Å². The van der Waals surface area contributed by atoms with Gasteiger partial charge in [0.25, 0.3) is 5.91 Å². The first kappa shape index (κ1) is 15.0. The highest BCUT2D eigenvalue weighted by atomic mass is 32.1. The van der Waals surface area contributed by atoms with E-state index in [1.807, 2.05) is 11.4 Å². The summed E-state index contributed by atoms with van der Waals surface area (Å²) in [6.45, 7) is 4.48. The van der Waals surface area contributed by atoms with Gasteiger partial charge in [0, 0.05) is 6.04 Å². The van der Waals surface area contributed by atoms with E-state index in [4.69, 9.17) is 0 Å². The lowest BCUT2D eigenvalue weighted by Gasteiger charge is -2.34. The van der Waals surface area contributed by atoms with Crippen molar-refractivity contribution in [1.29, 1.82) is 0 Å². The summed E-state index contributed by atoms with van der Waals surface area (Å²) in [7, 11) is 0. The fraction of sp³-hybridized carbons (Fsp3) is 0.600. The number of rotatable bonds is 4. The molecule has 1 saturated carbocycles. The van der Waals surface area contributed by atoms with Gasteiger partial charge in [0.05, 0.1) is 11.4 Å². The molecule has 0 bridgehead atoms. The number of amides is 2. The third-order valence-corrected chi connectivity index (χ3v) is 5.08. The maximum Gasteiger partial charge on any atom is 0.261 e. The molecule has 2 amide bonds. The Morgan fingerprint density at radius 1 is 1.35 bits per heavy atom. The van der Waals surface area contributed by atoms with Gasteiger partial charge in [-0.15, -0.1) is 11.3 Å². The van der Waals surface area contributed by atoms with Crippen molar-refractivity contribution in [2.75, 3.05) is 6.54 Å². The smallest absolute Gasteiger partial charge is 0.261 e. The molecular formula is C15H22N2O2S. The van der Waals surface area contributed by atoms with Crippen molar-refractivity contribution in [2.24, 2.45) is 11.8 Å². The summed E-state index contributed by atoms with van der Waals surface area (Å²) in [5, 5.41) is 7.56. The minimum atomic E-state index is -0.180. The lowest BCUT2D eigenvalue weighted by molar-refractivity contribution is -0.121. The van der Waals surface area contributed by atoms with Gasteiger partial charge >= 0.3 is 0 Å². The standard InChI is InChI=1S/C15H22N2O2S/c1-10-5-3-6-12(11(10)2)17-14(18)9-16-15(19)13-7-4-8-20-13/h4,7-8,10-12H,3,5-6,9H2,1-2H3,(H,16,19)(H,17,18)/t10-,11-,12+/m1/s1. The van der Waals surface area contributed by atoms with Gasteiger partial charge in [-0.25, -0.2) is 0 Å². The van der Waals surface area contributed by atoms with Gasteiger partial charge < -0.3 is 10.6 Å². The maximum absolute atomic E-state index is 11.9. The molecule has 1 aromatic heterocycles. The molecule has 1 aliphatic rings. The lowest BCUT2D eigenvalue weighted by atomic mass is 9.78. The summed E-state index contributed by atoms with van der Waals surface area (Å²) in [5.74, 6) is 0.872. The molecule has 0 aromatic carbocycles. The van der Waals surface area contributed by atoms with E-state index in [1.165, 1.54) is 17.8 Å². The second-order valence-corrected chi connectivity index (χ2v) is 6.55. The van der Waals surface area contributed by atoms with E-state index in [9.17, 15) is 9.59 Å². The quantitative estimate of drug-likeness (QED) is 0.896. The van der Waals surface area contributed by atoms with Gasteiger partial charge in [-0.1, -0.05) is 32.8 Å². The van der Waals surface area contributed by atoms with Crippen molar-refractivity contribution in [2.45, 2.75) is 39.2 Å². The molecule has 2 N–H and O–H groups in total. The van der Waals surface area contributed by atoms with E-state index >= 15 is 0 Å². The van der Waals surface area contributed by atoms with E-state index < -0.39 is 0 Å². The molecule has 1 fully saturated rings. The first-order valence-electron chi connectivity index (χ1n) is 7.19. The van der Waals surface area contributed by atoms with Crippen LogP contribution in [0.3, 0.4) is 0 Å². The van der Waals surface area contributed by atoms with Crippen LogP contribution >= 0.6 is 11.3 Å². The van der Waals surface area contributed by atoms with Crippen LogP contribution in [-0.2, 0) is 4.79 Å². The van der Waals surface area contributed by atoms with Gasteiger partial charge in [0.15, 0.2) is 0 Å². The predicted octanol–water partition coefficient (Wildman–Crippen LogP) is 2.42. The summed E-state index contributed by atoms with van der Waals surface area (Å²) in [6.07, 6.45) is 3.44. The van der Waals surface area contributed by atoms with E-state index in [2.05, 4.69) is 24.5 Å². The Balaban J connectivity index is 1.76. The van der Waals surface area contributed by atoms with Crippen LogP contribution in [0.1, 0.15) is 42.8 Å². The molecule has 5 heteroatoms. The fourth-order valence-electron chi connectivity index (χ4n) is 2.70. The number of hydrogen-bond donors (Lipinski definition) is 2. The van der Waals surface area contributed by atoms with E-state index in [-0.39, 0.29) is 24.4 Å². The molecule has 0 saturated heterocycles. The van der Waals surface area contributed by atoms with Crippen LogP contribution in [0.25, 0.3) is 0 Å². The van der Waals surface area contributed by atoms with Gasteiger partial charge in [0.2, 0.25) is 5.91 Å². The Bertz CT molecular complexity index is 458. The van der Waals surface area contributed by atoms with Crippen LogP contribution in [0.4, 0.5) is 0 Å². The normalized spacial score (nSPS) is 26.0. The minimum absolute atomic E-state index is 0.0499. The van der Waals surface area contributed by atoms with E-state index in [0.717, 1.165) is 12.8 Å². The van der Waals surface area contributed by atoms with Crippen molar-refractivity contribution in [1.82, 2.24) is 10.6 Å². The number of hydrogen-bond acceptors (Lipinski definition) is 3. The van der Waals surface area contributed by atoms with Crippen LogP contribution < -0.4 is 10.6 Å². The molecule has 3 atom stereocenters. The zero-order chi connectivity index (χ0) is 14.5. The molecule has 1 heterocycles.